The molecule has 0 unspecified atom stereocenters. The molecular formula is C16H22N6O2. The molecule has 1 fully saturated rings. The van der Waals surface area contributed by atoms with Gasteiger partial charge in [0.15, 0.2) is 0 Å². The van der Waals surface area contributed by atoms with Crippen molar-refractivity contribution in [3.05, 3.63) is 40.7 Å². The predicted molar refractivity (Wildman–Crippen MR) is 89.7 cm³/mol. The van der Waals surface area contributed by atoms with E-state index in [0.717, 1.165) is 12.8 Å². The van der Waals surface area contributed by atoms with Gasteiger partial charge in [-0.2, -0.15) is 0 Å². The van der Waals surface area contributed by atoms with Crippen LogP contribution in [-0.4, -0.2) is 30.5 Å². The Hall–Kier alpha value is -2.51. The molecule has 0 spiro atoms. The van der Waals surface area contributed by atoms with Gasteiger partial charge in [0.1, 0.15) is 11.9 Å². The fourth-order valence-electron chi connectivity index (χ4n) is 3.35. The Balaban J connectivity index is 1.82. The summed E-state index contributed by atoms with van der Waals surface area (Å²) in [4.78, 5) is 23.3. The smallest absolute Gasteiger partial charge is 0.310 e. The molecule has 128 valence electrons. The van der Waals surface area contributed by atoms with Crippen molar-refractivity contribution in [2.75, 3.05) is 5.32 Å². The van der Waals surface area contributed by atoms with Gasteiger partial charge in [-0.25, -0.2) is 15.0 Å². The van der Waals surface area contributed by atoms with Crippen LogP contribution in [0.2, 0.25) is 0 Å². The van der Waals surface area contributed by atoms with Gasteiger partial charge in [-0.15, -0.1) is 0 Å². The topological polar surface area (TPSA) is 98.8 Å². The summed E-state index contributed by atoms with van der Waals surface area (Å²) in [6.45, 7) is 2.50. The van der Waals surface area contributed by atoms with Gasteiger partial charge >= 0.3 is 5.69 Å². The molecule has 1 N–H and O–H groups in total. The lowest BCUT2D eigenvalue weighted by molar-refractivity contribution is -0.386. The highest BCUT2D eigenvalue weighted by Gasteiger charge is 2.25. The highest BCUT2D eigenvalue weighted by atomic mass is 16.6. The van der Waals surface area contributed by atoms with Gasteiger partial charge in [-0.1, -0.05) is 26.2 Å². The Morgan fingerprint density at radius 1 is 1.42 bits per heavy atom. The fraction of sp³-hybridized carbons (Fsp3) is 0.562. The van der Waals surface area contributed by atoms with E-state index in [2.05, 4.69) is 27.2 Å². The lowest BCUT2D eigenvalue weighted by Crippen LogP contribution is -2.32. The molecule has 0 radical (unpaired) electrons. The third-order valence-electron chi connectivity index (χ3n) is 4.68. The molecular weight excluding hydrogens is 308 g/mol. The quantitative estimate of drug-likeness (QED) is 0.645. The van der Waals surface area contributed by atoms with E-state index in [0.29, 0.717) is 30.1 Å². The molecule has 2 aromatic rings. The summed E-state index contributed by atoms with van der Waals surface area (Å²) in [7, 11) is 0. The molecule has 0 bridgehead atoms. The first kappa shape index (κ1) is 16.4. The number of rotatable bonds is 6. The number of imidazole rings is 1. The Morgan fingerprint density at radius 2 is 2.25 bits per heavy atom. The van der Waals surface area contributed by atoms with Crippen molar-refractivity contribution in [3.8, 4) is 0 Å². The van der Waals surface area contributed by atoms with Gasteiger partial charge in [-0.05, 0) is 18.8 Å². The molecule has 0 saturated heterocycles. The lowest BCUT2D eigenvalue weighted by atomic mass is 9.83. The molecule has 24 heavy (non-hydrogen) atoms. The zero-order valence-electron chi connectivity index (χ0n) is 13.8. The van der Waals surface area contributed by atoms with E-state index in [4.69, 9.17) is 0 Å². The first-order valence-electron chi connectivity index (χ1n) is 8.40. The monoisotopic (exact) mass is 330 g/mol. The van der Waals surface area contributed by atoms with Crippen LogP contribution in [0.4, 0.5) is 11.6 Å². The summed E-state index contributed by atoms with van der Waals surface area (Å²) in [6.07, 6.45) is 12.2. The molecule has 8 nitrogen and oxygen atoms in total. The van der Waals surface area contributed by atoms with Gasteiger partial charge in [-0.3, -0.25) is 10.1 Å². The average molecular weight is 330 g/mol. The minimum atomic E-state index is -0.439. The maximum atomic E-state index is 11.2. The third-order valence-corrected chi connectivity index (χ3v) is 4.68. The highest BCUT2D eigenvalue weighted by molar-refractivity contribution is 5.39. The van der Waals surface area contributed by atoms with Gasteiger partial charge in [0.05, 0.1) is 17.8 Å². The summed E-state index contributed by atoms with van der Waals surface area (Å²) < 4.78 is 1.76. The maximum Gasteiger partial charge on any atom is 0.310 e. The summed E-state index contributed by atoms with van der Waals surface area (Å²) in [6, 6.07) is 0.339. The zero-order chi connectivity index (χ0) is 16.9. The normalized spacial score (nSPS) is 20.7. The molecule has 1 aliphatic rings. The molecule has 2 heterocycles. The average Bonchev–Trinajstić information content (AvgIpc) is 3.08. The van der Waals surface area contributed by atoms with Gasteiger partial charge < -0.3 is 9.88 Å². The summed E-state index contributed by atoms with van der Waals surface area (Å²) >= 11 is 0. The van der Waals surface area contributed by atoms with Crippen LogP contribution in [0.3, 0.4) is 0 Å². The summed E-state index contributed by atoms with van der Waals surface area (Å²) in [5, 5.41) is 14.6. The number of aromatic nitrogens is 4. The van der Waals surface area contributed by atoms with Crippen LogP contribution in [0.25, 0.3) is 0 Å². The molecule has 1 saturated carbocycles. The molecule has 1 aliphatic carbocycles. The Bertz CT molecular complexity index is 688. The Kier molecular flexibility index (Phi) is 5.02. The van der Waals surface area contributed by atoms with Crippen LogP contribution in [-0.2, 0) is 6.54 Å². The second-order valence-corrected chi connectivity index (χ2v) is 6.22. The van der Waals surface area contributed by atoms with Gasteiger partial charge in [0.2, 0.25) is 5.95 Å². The SMILES string of the molecule is CC[C@H]1CCCC[C@H]1Nc1ncc([N+](=O)[O-])c(Cn2ccnc2)n1. The van der Waals surface area contributed by atoms with E-state index >= 15 is 0 Å². The number of nitro groups is 1. The minimum Gasteiger partial charge on any atom is -0.351 e. The summed E-state index contributed by atoms with van der Waals surface area (Å²) in [5.74, 6) is 1.08. The molecule has 3 rings (SSSR count). The zero-order valence-corrected chi connectivity index (χ0v) is 13.8. The van der Waals surface area contributed by atoms with Crippen molar-refractivity contribution in [1.82, 2.24) is 19.5 Å². The van der Waals surface area contributed by atoms with Crippen LogP contribution in [0, 0.1) is 16.0 Å². The van der Waals surface area contributed by atoms with Crippen LogP contribution < -0.4 is 5.32 Å². The van der Waals surface area contributed by atoms with Gasteiger partial charge in [0, 0.05) is 18.4 Å². The summed E-state index contributed by atoms with van der Waals surface area (Å²) in [5.41, 5.74) is 0.323. The largest absolute Gasteiger partial charge is 0.351 e. The number of nitrogens with one attached hydrogen (secondary N) is 1. The van der Waals surface area contributed by atoms with E-state index in [1.54, 1.807) is 23.3 Å². The van der Waals surface area contributed by atoms with Crippen molar-refractivity contribution in [2.24, 2.45) is 5.92 Å². The van der Waals surface area contributed by atoms with E-state index in [1.165, 1.54) is 25.5 Å². The molecule has 0 aliphatic heterocycles. The third kappa shape index (κ3) is 3.69. The van der Waals surface area contributed by atoms with E-state index < -0.39 is 4.92 Å². The molecule has 8 heteroatoms. The fourth-order valence-corrected chi connectivity index (χ4v) is 3.35. The van der Waals surface area contributed by atoms with Crippen LogP contribution >= 0.6 is 0 Å². The lowest BCUT2D eigenvalue weighted by Gasteiger charge is -2.31. The van der Waals surface area contributed by atoms with E-state index in [9.17, 15) is 10.1 Å². The Labute approximate surface area is 140 Å². The van der Waals surface area contributed by atoms with Crippen LogP contribution in [0.1, 0.15) is 44.7 Å². The second kappa shape index (κ2) is 7.37. The van der Waals surface area contributed by atoms with Crippen molar-refractivity contribution < 1.29 is 4.92 Å². The molecule has 0 amide bonds. The van der Waals surface area contributed by atoms with Crippen molar-refractivity contribution in [3.63, 3.8) is 0 Å². The predicted octanol–water partition coefficient (Wildman–Crippen LogP) is 3.01. The van der Waals surface area contributed by atoms with E-state index in [1.807, 2.05) is 0 Å². The number of hydrogen-bond donors (Lipinski definition) is 1. The minimum absolute atomic E-state index is 0.0649. The highest BCUT2D eigenvalue weighted by Crippen LogP contribution is 2.29. The number of nitrogens with zero attached hydrogens (tertiary/aromatic N) is 5. The molecule has 2 aromatic heterocycles. The number of anilines is 1. The molecule has 0 aromatic carbocycles. The second-order valence-electron chi connectivity index (χ2n) is 6.22. The van der Waals surface area contributed by atoms with Crippen molar-refractivity contribution in [1.29, 1.82) is 0 Å². The van der Waals surface area contributed by atoms with Crippen molar-refractivity contribution in [2.45, 2.75) is 51.6 Å². The van der Waals surface area contributed by atoms with Gasteiger partial charge in [0.25, 0.3) is 0 Å². The standard InChI is InChI=1S/C16H22N6O2/c1-2-12-5-3-4-6-13(12)19-16-18-9-15(22(23)24)14(20-16)10-21-8-7-17-11-21/h7-9,11-13H,2-6,10H2,1H3,(H,18,19,20)/t12-,13+/m0/s1. The van der Waals surface area contributed by atoms with E-state index in [-0.39, 0.29) is 5.69 Å². The van der Waals surface area contributed by atoms with Crippen LogP contribution in [0.15, 0.2) is 24.9 Å². The molecule has 2 atom stereocenters. The number of hydrogen-bond acceptors (Lipinski definition) is 6. The first-order valence-corrected chi connectivity index (χ1v) is 8.40. The first-order chi connectivity index (χ1) is 11.7. The van der Waals surface area contributed by atoms with Crippen LogP contribution in [0.5, 0.6) is 0 Å². The Morgan fingerprint density at radius 3 is 2.96 bits per heavy atom. The van der Waals surface area contributed by atoms with Crippen molar-refractivity contribution >= 4 is 11.6 Å². The maximum absolute atomic E-state index is 11.2.